The van der Waals surface area contributed by atoms with Crippen LogP contribution in [0.2, 0.25) is 0 Å². The first-order valence-corrected chi connectivity index (χ1v) is 5.01. The third-order valence-corrected chi connectivity index (χ3v) is 2.50. The van der Waals surface area contributed by atoms with Gasteiger partial charge in [0.1, 0.15) is 0 Å². The van der Waals surface area contributed by atoms with Crippen LogP contribution < -0.4 is 11.5 Å². The van der Waals surface area contributed by atoms with Crippen LogP contribution in [0.3, 0.4) is 0 Å². The number of nitrogens with two attached hydrogens (primary N) is 2. The Morgan fingerprint density at radius 2 is 2.08 bits per heavy atom. The second-order valence-electron chi connectivity index (χ2n) is 2.13. The molecule has 0 bridgehead atoms. The van der Waals surface area contributed by atoms with E-state index in [1.165, 1.54) is 0 Å². The lowest BCUT2D eigenvalue weighted by Crippen LogP contribution is -2.21. The molecule has 0 spiro atoms. The Balaban J connectivity index is 3.14. The van der Waals surface area contributed by atoms with Crippen LogP contribution >= 0.6 is 38.5 Å². The van der Waals surface area contributed by atoms with Crippen molar-refractivity contribution in [2.45, 2.75) is 0 Å². The predicted molar refractivity (Wildman–Crippen MR) is 62.3 cm³/mol. The lowest BCUT2D eigenvalue weighted by molar-refractivity contribution is 1.40. The van der Waals surface area contributed by atoms with Crippen LogP contribution in [0.4, 0.5) is 5.69 Å². The number of benzene rings is 1. The molecule has 3 nitrogen and oxygen atoms in total. The second-order valence-corrected chi connectivity index (χ2v) is 4.23. The van der Waals surface area contributed by atoms with Crippen molar-refractivity contribution in [1.29, 1.82) is 0 Å². The lowest BCUT2D eigenvalue weighted by atomic mass is 10.3. The minimum Gasteiger partial charge on any atom is -0.370 e. The first-order valence-electron chi connectivity index (χ1n) is 3.14. The molecule has 0 atom stereocenters. The van der Waals surface area contributed by atoms with Gasteiger partial charge in [0.25, 0.3) is 0 Å². The summed E-state index contributed by atoms with van der Waals surface area (Å²) in [6.45, 7) is 0. The Bertz CT molecular complexity index is 320. The maximum Gasteiger partial charge on any atom is 0.191 e. The molecule has 5 heteroatoms. The van der Waals surface area contributed by atoms with Crippen molar-refractivity contribution in [3.63, 3.8) is 0 Å². The van der Waals surface area contributed by atoms with E-state index < -0.39 is 0 Å². The molecule has 0 aromatic heterocycles. The fraction of sp³-hybridized carbons (Fsp3) is 0. The monoisotopic (exact) mass is 339 g/mol. The van der Waals surface area contributed by atoms with Gasteiger partial charge >= 0.3 is 0 Å². The van der Waals surface area contributed by atoms with Gasteiger partial charge in [-0.25, -0.2) is 4.99 Å². The molecular formula is C7H7BrIN3. The van der Waals surface area contributed by atoms with Gasteiger partial charge in [-0.3, -0.25) is 0 Å². The molecular weight excluding hydrogens is 333 g/mol. The minimum atomic E-state index is 0.0673. The van der Waals surface area contributed by atoms with E-state index in [2.05, 4.69) is 43.5 Å². The van der Waals surface area contributed by atoms with Crippen LogP contribution in [-0.2, 0) is 0 Å². The molecule has 0 aliphatic rings. The van der Waals surface area contributed by atoms with Crippen molar-refractivity contribution in [3.8, 4) is 0 Å². The number of rotatable bonds is 1. The first-order chi connectivity index (χ1) is 5.59. The highest BCUT2D eigenvalue weighted by molar-refractivity contribution is 14.1. The van der Waals surface area contributed by atoms with Crippen LogP contribution in [0.25, 0.3) is 0 Å². The minimum absolute atomic E-state index is 0.0673. The van der Waals surface area contributed by atoms with Crippen LogP contribution in [0, 0.1) is 3.57 Å². The summed E-state index contributed by atoms with van der Waals surface area (Å²) in [5, 5.41) is 0. The number of hydrogen-bond donors (Lipinski definition) is 2. The second kappa shape index (κ2) is 4.08. The zero-order valence-corrected chi connectivity index (χ0v) is 9.83. The number of halogens is 2. The van der Waals surface area contributed by atoms with Crippen molar-refractivity contribution in [2.24, 2.45) is 16.5 Å². The van der Waals surface area contributed by atoms with Crippen molar-refractivity contribution in [2.75, 3.05) is 0 Å². The lowest BCUT2D eigenvalue weighted by Gasteiger charge is -1.99. The standard InChI is InChI=1S/C7H7BrIN3/c8-5-2-1-4(9)3-6(5)12-7(10)11/h1-3H,(H4,10,11,12). The molecule has 0 aliphatic heterocycles. The van der Waals surface area contributed by atoms with Crippen LogP contribution in [0.5, 0.6) is 0 Å². The summed E-state index contributed by atoms with van der Waals surface area (Å²) >= 11 is 5.53. The summed E-state index contributed by atoms with van der Waals surface area (Å²) in [5.74, 6) is 0.0673. The fourth-order valence-electron chi connectivity index (χ4n) is 0.711. The molecule has 12 heavy (non-hydrogen) atoms. The quantitative estimate of drug-likeness (QED) is 0.466. The van der Waals surface area contributed by atoms with Gasteiger partial charge in [-0.2, -0.15) is 0 Å². The van der Waals surface area contributed by atoms with Gasteiger partial charge in [0.2, 0.25) is 0 Å². The van der Waals surface area contributed by atoms with Gasteiger partial charge in [0.05, 0.1) is 5.69 Å². The molecule has 0 heterocycles. The summed E-state index contributed by atoms with van der Waals surface area (Å²) in [7, 11) is 0. The average molecular weight is 340 g/mol. The van der Waals surface area contributed by atoms with Crippen LogP contribution in [-0.4, -0.2) is 5.96 Å². The fourth-order valence-corrected chi connectivity index (χ4v) is 1.52. The highest BCUT2D eigenvalue weighted by atomic mass is 127. The Hall–Kier alpha value is -0.300. The molecule has 0 saturated heterocycles. The Labute approximate surface area is 92.5 Å². The molecule has 0 radical (unpaired) electrons. The van der Waals surface area contributed by atoms with Crippen LogP contribution in [0.15, 0.2) is 27.7 Å². The first kappa shape index (κ1) is 9.79. The maximum atomic E-state index is 5.25. The van der Waals surface area contributed by atoms with E-state index in [-0.39, 0.29) is 5.96 Å². The molecule has 0 saturated carbocycles. The third kappa shape index (κ3) is 2.63. The SMILES string of the molecule is NC(N)=Nc1cc(I)ccc1Br. The van der Waals surface area contributed by atoms with E-state index in [1.54, 1.807) is 0 Å². The predicted octanol–water partition coefficient (Wildman–Crippen LogP) is 1.96. The van der Waals surface area contributed by atoms with Gasteiger partial charge < -0.3 is 11.5 Å². The van der Waals surface area contributed by atoms with Crippen molar-refractivity contribution < 1.29 is 0 Å². The number of guanidine groups is 1. The van der Waals surface area contributed by atoms with Crippen molar-refractivity contribution >= 4 is 50.2 Å². The summed E-state index contributed by atoms with van der Waals surface area (Å²) in [5.41, 5.74) is 11.2. The molecule has 0 aliphatic carbocycles. The van der Waals surface area contributed by atoms with Crippen molar-refractivity contribution in [1.82, 2.24) is 0 Å². The Morgan fingerprint density at radius 1 is 1.42 bits per heavy atom. The Kier molecular flexibility index (Phi) is 3.33. The van der Waals surface area contributed by atoms with Gasteiger partial charge in [-0.05, 0) is 56.7 Å². The molecule has 1 rings (SSSR count). The Morgan fingerprint density at radius 3 is 2.67 bits per heavy atom. The van der Waals surface area contributed by atoms with E-state index in [0.29, 0.717) is 0 Å². The number of nitrogens with zero attached hydrogens (tertiary/aromatic N) is 1. The maximum absolute atomic E-state index is 5.25. The summed E-state index contributed by atoms with van der Waals surface area (Å²) in [6, 6.07) is 5.77. The van der Waals surface area contributed by atoms with Gasteiger partial charge in [0, 0.05) is 8.04 Å². The number of aliphatic imine (C=N–C) groups is 1. The number of hydrogen-bond acceptors (Lipinski definition) is 1. The smallest absolute Gasteiger partial charge is 0.191 e. The van der Waals surface area contributed by atoms with E-state index in [9.17, 15) is 0 Å². The highest BCUT2D eigenvalue weighted by Crippen LogP contribution is 2.26. The molecule has 64 valence electrons. The zero-order chi connectivity index (χ0) is 9.14. The average Bonchev–Trinajstić information content (AvgIpc) is 1.96. The molecule has 0 unspecified atom stereocenters. The van der Waals surface area contributed by atoms with E-state index in [0.717, 1.165) is 13.7 Å². The van der Waals surface area contributed by atoms with Crippen LogP contribution in [0.1, 0.15) is 0 Å². The summed E-state index contributed by atoms with van der Waals surface area (Å²) < 4.78 is 1.98. The van der Waals surface area contributed by atoms with E-state index >= 15 is 0 Å². The van der Waals surface area contributed by atoms with E-state index in [4.69, 9.17) is 11.5 Å². The van der Waals surface area contributed by atoms with Gasteiger partial charge in [-0.15, -0.1) is 0 Å². The largest absolute Gasteiger partial charge is 0.370 e. The topological polar surface area (TPSA) is 64.4 Å². The molecule has 1 aromatic carbocycles. The van der Waals surface area contributed by atoms with E-state index in [1.807, 2.05) is 18.2 Å². The summed E-state index contributed by atoms with van der Waals surface area (Å²) in [6.07, 6.45) is 0. The normalized spacial score (nSPS) is 9.50. The van der Waals surface area contributed by atoms with Gasteiger partial charge in [-0.1, -0.05) is 0 Å². The molecule has 0 amide bonds. The zero-order valence-electron chi connectivity index (χ0n) is 6.09. The van der Waals surface area contributed by atoms with Crippen molar-refractivity contribution in [3.05, 3.63) is 26.2 Å². The molecule has 0 fully saturated rings. The highest BCUT2D eigenvalue weighted by Gasteiger charge is 1.98. The van der Waals surface area contributed by atoms with Gasteiger partial charge in [0.15, 0.2) is 5.96 Å². The molecule has 4 N–H and O–H groups in total. The third-order valence-electron chi connectivity index (χ3n) is 1.16. The summed E-state index contributed by atoms with van der Waals surface area (Å²) in [4.78, 5) is 3.94. The molecule has 1 aromatic rings.